The van der Waals surface area contributed by atoms with Gasteiger partial charge in [-0.05, 0) is 31.5 Å². The number of nitrogens with zero attached hydrogens (tertiary/aromatic N) is 3. The van der Waals surface area contributed by atoms with Gasteiger partial charge < -0.3 is 15.1 Å². The molecule has 2 aliphatic rings. The minimum Gasteiger partial charge on any atom is -0.365 e. The number of imide groups is 1. The number of rotatable bonds is 5. The van der Waals surface area contributed by atoms with E-state index < -0.39 is 17.5 Å². The summed E-state index contributed by atoms with van der Waals surface area (Å²) in [5.41, 5.74) is 0.458. The minimum atomic E-state index is -1.27. The minimum absolute atomic E-state index is 0.0215. The average Bonchev–Trinajstić information content (AvgIpc) is 3.07. The van der Waals surface area contributed by atoms with Crippen LogP contribution in [0.25, 0.3) is 0 Å². The van der Waals surface area contributed by atoms with Crippen molar-refractivity contribution in [2.75, 3.05) is 24.5 Å². The number of amides is 4. The smallest absolute Gasteiger partial charge is 0.322 e. The number of pyridine rings is 1. The van der Waals surface area contributed by atoms with Gasteiger partial charge in [0, 0.05) is 55.7 Å². The molecule has 0 bridgehead atoms. The number of piperazine rings is 1. The first-order valence-corrected chi connectivity index (χ1v) is 10.1. The van der Waals surface area contributed by atoms with Gasteiger partial charge in [0.2, 0.25) is 5.91 Å². The summed E-state index contributed by atoms with van der Waals surface area (Å²) in [5, 5.41) is 5.00. The summed E-state index contributed by atoms with van der Waals surface area (Å²) in [7, 11) is 0. The maximum Gasteiger partial charge on any atom is 0.322 e. The number of aromatic nitrogens is 1. The molecule has 156 valence electrons. The maximum atomic E-state index is 13.0. The lowest BCUT2D eigenvalue weighted by Gasteiger charge is -2.41. The second kappa shape index (κ2) is 8.14. The van der Waals surface area contributed by atoms with Gasteiger partial charge in [0.1, 0.15) is 5.54 Å². The van der Waals surface area contributed by atoms with Crippen molar-refractivity contribution in [2.24, 2.45) is 0 Å². The summed E-state index contributed by atoms with van der Waals surface area (Å²) in [5.74, 6) is -0.470. The number of urea groups is 1. The van der Waals surface area contributed by atoms with Crippen LogP contribution in [-0.2, 0) is 15.1 Å². The summed E-state index contributed by atoms with van der Waals surface area (Å²) in [4.78, 5) is 45.6. The van der Waals surface area contributed by atoms with E-state index in [1.165, 1.54) is 0 Å². The Morgan fingerprint density at radius 2 is 1.97 bits per heavy atom. The standard InChI is InChI=1S/C22H25N5O3/c1-16-15-26(12-13-27(16)18-7-3-2-4-8-18)19(28)9-10-22(17-6-5-11-23-14-17)20(29)24-21(30)25-22/h2-8,11,14,16H,9-10,12-13,15H2,1H3,(H2,24,25,29,30)/t16-,22?/m1/s1. The van der Waals surface area contributed by atoms with E-state index in [0.29, 0.717) is 18.7 Å². The van der Waals surface area contributed by atoms with Crippen LogP contribution in [0, 0.1) is 0 Å². The maximum absolute atomic E-state index is 13.0. The molecular weight excluding hydrogens is 382 g/mol. The third-order valence-corrected chi connectivity index (χ3v) is 5.88. The van der Waals surface area contributed by atoms with E-state index in [1.807, 2.05) is 23.1 Å². The molecule has 8 heteroatoms. The van der Waals surface area contributed by atoms with Gasteiger partial charge in [-0.1, -0.05) is 24.3 Å². The molecular formula is C22H25N5O3. The number of hydrogen-bond donors (Lipinski definition) is 2. The Morgan fingerprint density at radius 3 is 2.60 bits per heavy atom. The second-order valence-electron chi connectivity index (χ2n) is 7.77. The molecule has 1 aromatic heterocycles. The summed E-state index contributed by atoms with van der Waals surface area (Å²) in [6.07, 6.45) is 3.49. The van der Waals surface area contributed by atoms with Crippen LogP contribution in [0.15, 0.2) is 54.9 Å². The van der Waals surface area contributed by atoms with Gasteiger partial charge in [0.05, 0.1) is 0 Å². The Morgan fingerprint density at radius 1 is 1.17 bits per heavy atom. The fourth-order valence-electron chi connectivity index (χ4n) is 4.27. The largest absolute Gasteiger partial charge is 0.365 e. The van der Waals surface area contributed by atoms with Crippen molar-refractivity contribution in [3.63, 3.8) is 0 Å². The molecule has 2 fully saturated rings. The van der Waals surface area contributed by atoms with Crippen LogP contribution in [0.4, 0.5) is 10.5 Å². The number of para-hydroxylation sites is 1. The Bertz CT molecular complexity index is 936. The van der Waals surface area contributed by atoms with Gasteiger partial charge in [0.15, 0.2) is 0 Å². The van der Waals surface area contributed by atoms with E-state index in [9.17, 15) is 14.4 Å². The molecule has 1 aromatic carbocycles. The van der Waals surface area contributed by atoms with Gasteiger partial charge in [0.25, 0.3) is 5.91 Å². The van der Waals surface area contributed by atoms with Crippen molar-refractivity contribution >= 4 is 23.5 Å². The van der Waals surface area contributed by atoms with E-state index in [0.717, 1.165) is 12.2 Å². The summed E-state index contributed by atoms with van der Waals surface area (Å²) < 4.78 is 0. The molecule has 4 rings (SSSR count). The van der Waals surface area contributed by atoms with Crippen molar-refractivity contribution < 1.29 is 14.4 Å². The highest BCUT2D eigenvalue weighted by molar-refractivity contribution is 6.07. The number of hydrogen-bond acceptors (Lipinski definition) is 5. The molecule has 0 saturated carbocycles. The van der Waals surface area contributed by atoms with Crippen LogP contribution in [0.5, 0.6) is 0 Å². The number of nitrogens with one attached hydrogen (secondary N) is 2. The highest BCUT2D eigenvalue weighted by Crippen LogP contribution is 2.30. The second-order valence-corrected chi connectivity index (χ2v) is 7.77. The van der Waals surface area contributed by atoms with Crippen LogP contribution in [0.1, 0.15) is 25.3 Å². The van der Waals surface area contributed by atoms with Crippen molar-refractivity contribution in [3.8, 4) is 0 Å². The molecule has 8 nitrogen and oxygen atoms in total. The predicted octanol–water partition coefficient (Wildman–Crippen LogP) is 1.63. The van der Waals surface area contributed by atoms with Crippen molar-refractivity contribution in [3.05, 3.63) is 60.4 Å². The van der Waals surface area contributed by atoms with Gasteiger partial charge in [-0.3, -0.25) is 19.9 Å². The highest BCUT2D eigenvalue weighted by atomic mass is 16.2. The summed E-state index contributed by atoms with van der Waals surface area (Å²) >= 11 is 0. The fourth-order valence-corrected chi connectivity index (χ4v) is 4.27. The normalized spacial score (nSPS) is 23.8. The molecule has 0 radical (unpaired) electrons. The van der Waals surface area contributed by atoms with Crippen LogP contribution in [0.3, 0.4) is 0 Å². The van der Waals surface area contributed by atoms with E-state index in [-0.39, 0.29) is 24.8 Å². The zero-order chi connectivity index (χ0) is 21.1. The molecule has 2 aromatic rings. The topological polar surface area (TPSA) is 94.6 Å². The molecule has 4 amide bonds. The van der Waals surface area contributed by atoms with Crippen molar-refractivity contribution in [1.82, 2.24) is 20.5 Å². The zero-order valence-corrected chi connectivity index (χ0v) is 16.9. The summed E-state index contributed by atoms with van der Waals surface area (Å²) in [6.45, 7) is 4.10. The Labute approximate surface area is 175 Å². The van der Waals surface area contributed by atoms with Gasteiger partial charge in [-0.25, -0.2) is 4.79 Å². The molecule has 30 heavy (non-hydrogen) atoms. The molecule has 2 atom stereocenters. The molecule has 2 aliphatic heterocycles. The van der Waals surface area contributed by atoms with E-state index in [2.05, 4.69) is 39.6 Å². The molecule has 2 saturated heterocycles. The van der Waals surface area contributed by atoms with Gasteiger partial charge in [-0.15, -0.1) is 0 Å². The monoisotopic (exact) mass is 407 g/mol. The summed E-state index contributed by atoms with van der Waals surface area (Å²) in [6, 6.07) is 13.2. The van der Waals surface area contributed by atoms with Gasteiger partial charge >= 0.3 is 6.03 Å². The van der Waals surface area contributed by atoms with E-state index in [4.69, 9.17) is 0 Å². The molecule has 0 aliphatic carbocycles. The highest BCUT2D eigenvalue weighted by Gasteiger charge is 2.48. The number of benzene rings is 1. The molecule has 3 heterocycles. The first-order valence-electron chi connectivity index (χ1n) is 10.1. The van der Waals surface area contributed by atoms with Crippen LogP contribution >= 0.6 is 0 Å². The molecule has 1 unspecified atom stereocenters. The van der Waals surface area contributed by atoms with E-state index in [1.54, 1.807) is 24.5 Å². The number of carbonyl (C=O) groups is 3. The zero-order valence-electron chi connectivity index (χ0n) is 16.9. The SMILES string of the molecule is C[C@@H]1CN(C(=O)CCC2(c3cccnc3)NC(=O)NC2=O)CCN1c1ccccc1. The van der Waals surface area contributed by atoms with E-state index >= 15 is 0 Å². The lowest BCUT2D eigenvalue weighted by atomic mass is 9.86. The molecule has 2 N–H and O–H groups in total. The lowest BCUT2D eigenvalue weighted by Crippen LogP contribution is -2.54. The number of anilines is 1. The third-order valence-electron chi connectivity index (χ3n) is 5.88. The average molecular weight is 407 g/mol. The quantitative estimate of drug-likeness (QED) is 0.735. The fraction of sp³-hybridized carbons (Fsp3) is 0.364. The lowest BCUT2D eigenvalue weighted by molar-refractivity contribution is -0.133. The Kier molecular flexibility index (Phi) is 5.39. The first kappa shape index (κ1) is 19.9. The third kappa shape index (κ3) is 3.72. The van der Waals surface area contributed by atoms with Crippen LogP contribution < -0.4 is 15.5 Å². The van der Waals surface area contributed by atoms with Crippen LogP contribution in [0.2, 0.25) is 0 Å². The molecule has 0 spiro atoms. The van der Waals surface area contributed by atoms with Gasteiger partial charge in [-0.2, -0.15) is 0 Å². The van der Waals surface area contributed by atoms with Crippen molar-refractivity contribution in [1.29, 1.82) is 0 Å². The van der Waals surface area contributed by atoms with Crippen molar-refractivity contribution in [2.45, 2.75) is 31.3 Å². The predicted molar refractivity (Wildman–Crippen MR) is 112 cm³/mol. The first-order chi connectivity index (χ1) is 14.5. The Balaban J connectivity index is 1.42. The Hall–Kier alpha value is -3.42. The number of carbonyl (C=O) groups excluding carboxylic acids is 3. The van der Waals surface area contributed by atoms with Crippen LogP contribution in [-0.4, -0.2) is 53.4 Å².